The zero-order chi connectivity index (χ0) is 17.0. The number of fused-ring (bicyclic) bond motifs is 3. The average molecular weight is 353 g/mol. The van der Waals surface area contributed by atoms with E-state index >= 15 is 0 Å². The highest BCUT2D eigenvalue weighted by molar-refractivity contribution is 7.19. The third-order valence-electron chi connectivity index (χ3n) is 5.56. The Balaban J connectivity index is 1.57. The van der Waals surface area contributed by atoms with Crippen LogP contribution in [0.4, 0.5) is 5.82 Å². The number of aromatic nitrogens is 4. The second-order valence-electron chi connectivity index (χ2n) is 7.33. The van der Waals surface area contributed by atoms with E-state index in [2.05, 4.69) is 17.3 Å². The van der Waals surface area contributed by atoms with Gasteiger partial charge in [0.05, 0.1) is 11.6 Å². The molecule has 3 aromatic heterocycles. The van der Waals surface area contributed by atoms with Crippen LogP contribution in [0.2, 0.25) is 0 Å². The van der Waals surface area contributed by atoms with Gasteiger partial charge in [0.25, 0.3) is 0 Å². The molecule has 130 valence electrons. The molecule has 0 bridgehead atoms. The van der Waals surface area contributed by atoms with E-state index in [9.17, 15) is 0 Å². The Bertz CT molecular complexity index is 951. The van der Waals surface area contributed by atoms with Crippen molar-refractivity contribution in [2.75, 3.05) is 5.32 Å². The maximum absolute atomic E-state index is 4.95. The van der Waals surface area contributed by atoms with Gasteiger partial charge in [-0.25, -0.2) is 9.97 Å². The van der Waals surface area contributed by atoms with Gasteiger partial charge in [-0.3, -0.25) is 4.68 Å². The fraction of sp³-hybridized carbons (Fsp3) is 0.526. The van der Waals surface area contributed by atoms with Gasteiger partial charge < -0.3 is 5.32 Å². The van der Waals surface area contributed by atoms with E-state index in [1.54, 1.807) is 0 Å². The molecule has 5 nitrogen and oxygen atoms in total. The van der Waals surface area contributed by atoms with Crippen LogP contribution in [0.25, 0.3) is 10.2 Å². The SMILES string of the molecule is Cc1c(CNc2nc(C3CC3)nc3sc4c(c23)CCCC4)cnn1C. The first kappa shape index (κ1) is 15.3. The van der Waals surface area contributed by atoms with Gasteiger partial charge >= 0.3 is 0 Å². The molecule has 0 aromatic carbocycles. The van der Waals surface area contributed by atoms with Crippen LogP contribution in [0.1, 0.15) is 59.1 Å². The van der Waals surface area contributed by atoms with Crippen molar-refractivity contribution >= 4 is 27.4 Å². The summed E-state index contributed by atoms with van der Waals surface area (Å²) in [7, 11) is 1.99. The molecule has 5 rings (SSSR count). The Hall–Kier alpha value is -1.95. The molecule has 2 aliphatic rings. The van der Waals surface area contributed by atoms with Crippen molar-refractivity contribution < 1.29 is 0 Å². The van der Waals surface area contributed by atoms with Crippen LogP contribution in [0.15, 0.2) is 6.20 Å². The van der Waals surface area contributed by atoms with E-state index in [4.69, 9.17) is 9.97 Å². The molecule has 0 saturated heterocycles. The lowest BCUT2D eigenvalue weighted by molar-refractivity contribution is 0.700. The van der Waals surface area contributed by atoms with Gasteiger partial charge in [0.15, 0.2) is 0 Å². The zero-order valence-corrected chi connectivity index (χ0v) is 15.6. The van der Waals surface area contributed by atoms with Gasteiger partial charge in [0.1, 0.15) is 16.5 Å². The van der Waals surface area contributed by atoms with E-state index < -0.39 is 0 Å². The minimum Gasteiger partial charge on any atom is -0.365 e. The highest BCUT2D eigenvalue weighted by atomic mass is 32.1. The van der Waals surface area contributed by atoms with Crippen molar-refractivity contribution in [2.45, 2.75) is 57.9 Å². The summed E-state index contributed by atoms with van der Waals surface area (Å²) in [4.78, 5) is 12.6. The van der Waals surface area contributed by atoms with Crippen molar-refractivity contribution in [3.63, 3.8) is 0 Å². The van der Waals surface area contributed by atoms with E-state index in [1.165, 1.54) is 70.4 Å². The number of hydrogen-bond donors (Lipinski definition) is 1. The summed E-state index contributed by atoms with van der Waals surface area (Å²) >= 11 is 1.89. The zero-order valence-electron chi connectivity index (χ0n) is 14.8. The van der Waals surface area contributed by atoms with Gasteiger partial charge in [0.2, 0.25) is 0 Å². The summed E-state index contributed by atoms with van der Waals surface area (Å²) in [5.41, 5.74) is 3.93. The predicted octanol–water partition coefficient (Wildman–Crippen LogP) is 4.10. The van der Waals surface area contributed by atoms with Gasteiger partial charge in [-0.1, -0.05) is 0 Å². The maximum Gasteiger partial charge on any atom is 0.139 e. The molecular formula is C19H23N5S. The van der Waals surface area contributed by atoms with Crippen molar-refractivity contribution in [3.8, 4) is 0 Å². The summed E-state index contributed by atoms with van der Waals surface area (Å²) in [5, 5.41) is 9.26. The molecular weight excluding hydrogens is 330 g/mol. The fourth-order valence-corrected chi connectivity index (χ4v) is 4.99. The Morgan fingerprint density at radius 3 is 2.84 bits per heavy atom. The quantitative estimate of drug-likeness (QED) is 0.767. The number of thiophene rings is 1. The topological polar surface area (TPSA) is 55.6 Å². The molecule has 0 unspecified atom stereocenters. The molecule has 0 radical (unpaired) electrons. The molecule has 1 saturated carbocycles. The molecule has 25 heavy (non-hydrogen) atoms. The van der Waals surface area contributed by atoms with E-state index in [0.717, 1.165) is 18.2 Å². The molecule has 2 aliphatic carbocycles. The molecule has 0 spiro atoms. The lowest BCUT2D eigenvalue weighted by Crippen LogP contribution is -2.07. The van der Waals surface area contributed by atoms with Gasteiger partial charge in [-0.2, -0.15) is 5.10 Å². The fourth-order valence-electron chi connectivity index (χ4n) is 3.72. The largest absolute Gasteiger partial charge is 0.365 e. The van der Waals surface area contributed by atoms with Crippen molar-refractivity contribution in [2.24, 2.45) is 7.05 Å². The molecule has 1 fully saturated rings. The molecule has 0 aliphatic heterocycles. The number of nitrogens with one attached hydrogen (secondary N) is 1. The van der Waals surface area contributed by atoms with Crippen LogP contribution in [0.5, 0.6) is 0 Å². The molecule has 6 heteroatoms. The average Bonchev–Trinajstić information content (AvgIpc) is 3.34. The van der Waals surface area contributed by atoms with Crippen LogP contribution in [0, 0.1) is 6.92 Å². The molecule has 0 amide bonds. The van der Waals surface area contributed by atoms with Crippen molar-refractivity contribution in [3.05, 3.63) is 33.7 Å². The number of nitrogens with zero attached hydrogens (tertiary/aromatic N) is 4. The first-order chi connectivity index (χ1) is 12.2. The smallest absolute Gasteiger partial charge is 0.139 e. The standard InChI is InChI=1S/C19H23N5S/c1-11-13(10-21-24(11)2)9-20-18-16-14-5-3-4-6-15(14)25-19(16)23-17(22-18)12-7-8-12/h10,12H,3-9H2,1-2H3,(H,20,22,23). The lowest BCUT2D eigenvalue weighted by Gasteiger charge is -2.13. The van der Waals surface area contributed by atoms with Crippen molar-refractivity contribution in [1.82, 2.24) is 19.7 Å². The number of aryl methyl sites for hydroxylation is 3. The number of anilines is 1. The van der Waals surface area contributed by atoms with E-state index in [-0.39, 0.29) is 0 Å². The number of rotatable bonds is 4. The van der Waals surface area contributed by atoms with Crippen LogP contribution in [0.3, 0.4) is 0 Å². The third-order valence-corrected chi connectivity index (χ3v) is 6.74. The van der Waals surface area contributed by atoms with Gasteiger partial charge in [-0.15, -0.1) is 11.3 Å². The Labute approximate surface area is 151 Å². The Morgan fingerprint density at radius 2 is 2.08 bits per heavy atom. The summed E-state index contributed by atoms with van der Waals surface area (Å²) in [6.45, 7) is 2.88. The highest BCUT2D eigenvalue weighted by Gasteiger charge is 2.29. The third kappa shape index (κ3) is 2.63. The van der Waals surface area contributed by atoms with Gasteiger partial charge in [0, 0.05) is 35.6 Å². The summed E-state index contributed by atoms with van der Waals surface area (Å²) in [6.07, 6.45) is 9.38. The maximum atomic E-state index is 4.95. The van der Waals surface area contributed by atoms with E-state index in [0.29, 0.717) is 5.92 Å². The minimum absolute atomic E-state index is 0.573. The van der Waals surface area contributed by atoms with Crippen LogP contribution in [-0.4, -0.2) is 19.7 Å². The summed E-state index contributed by atoms with van der Waals surface area (Å²) in [6, 6.07) is 0. The Morgan fingerprint density at radius 1 is 1.24 bits per heavy atom. The first-order valence-electron chi connectivity index (χ1n) is 9.24. The summed E-state index contributed by atoms with van der Waals surface area (Å²) < 4.78 is 1.93. The second-order valence-corrected chi connectivity index (χ2v) is 8.41. The first-order valence-corrected chi connectivity index (χ1v) is 10.1. The monoisotopic (exact) mass is 353 g/mol. The molecule has 1 N–H and O–H groups in total. The lowest BCUT2D eigenvalue weighted by atomic mass is 9.97. The van der Waals surface area contributed by atoms with Crippen LogP contribution < -0.4 is 5.32 Å². The molecule has 0 atom stereocenters. The van der Waals surface area contributed by atoms with Gasteiger partial charge in [-0.05, 0) is 51.0 Å². The van der Waals surface area contributed by atoms with E-state index in [1.807, 2.05) is 29.3 Å². The predicted molar refractivity (Wildman–Crippen MR) is 101 cm³/mol. The molecule has 3 heterocycles. The summed E-state index contributed by atoms with van der Waals surface area (Å²) in [5.74, 6) is 2.65. The highest BCUT2D eigenvalue weighted by Crippen LogP contribution is 2.43. The second kappa shape index (κ2) is 5.80. The number of hydrogen-bond acceptors (Lipinski definition) is 5. The molecule has 3 aromatic rings. The normalized spacial score (nSPS) is 17.0. The van der Waals surface area contributed by atoms with Crippen molar-refractivity contribution in [1.29, 1.82) is 0 Å². The van der Waals surface area contributed by atoms with Crippen LogP contribution >= 0.6 is 11.3 Å². The minimum atomic E-state index is 0.573. The Kier molecular flexibility index (Phi) is 3.55. The van der Waals surface area contributed by atoms with Crippen LogP contribution in [-0.2, 0) is 26.4 Å².